The van der Waals surface area contributed by atoms with E-state index in [4.69, 9.17) is 11.6 Å². The van der Waals surface area contributed by atoms with Gasteiger partial charge in [0.05, 0.1) is 0 Å². The molecule has 1 rings (SSSR count). The van der Waals surface area contributed by atoms with Crippen LogP contribution < -0.4 is 5.32 Å². The summed E-state index contributed by atoms with van der Waals surface area (Å²) in [6.07, 6.45) is 2.50. The van der Waals surface area contributed by atoms with Gasteiger partial charge in [0.25, 0.3) is 0 Å². The van der Waals surface area contributed by atoms with E-state index in [1.165, 1.54) is 6.33 Å². The lowest BCUT2D eigenvalue weighted by Gasteiger charge is -2.13. The first-order valence-electron chi connectivity index (χ1n) is 4.38. The monoisotopic (exact) mass is 199 g/mol. The van der Waals surface area contributed by atoms with Crippen LogP contribution in [-0.2, 0) is 0 Å². The molecule has 0 fully saturated rings. The Hall–Kier alpha value is -0.830. The van der Waals surface area contributed by atoms with Crippen LogP contribution in [0.3, 0.4) is 0 Å². The van der Waals surface area contributed by atoms with Gasteiger partial charge in [-0.3, -0.25) is 0 Å². The Morgan fingerprint density at radius 1 is 1.54 bits per heavy atom. The van der Waals surface area contributed by atoms with Crippen molar-refractivity contribution in [3.8, 4) is 0 Å². The van der Waals surface area contributed by atoms with E-state index in [9.17, 15) is 0 Å². The highest BCUT2D eigenvalue weighted by Gasteiger charge is 2.14. The third-order valence-corrected chi connectivity index (χ3v) is 2.48. The third kappa shape index (κ3) is 2.10. The summed E-state index contributed by atoms with van der Waals surface area (Å²) in [4.78, 5) is 8.09. The minimum Gasteiger partial charge on any atom is -0.373 e. The molecule has 0 radical (unpaired) electrons. The summed E-state index contributed by atoms with van der Waals surface area (Å²) in [5.41, 5.74) is 1.01. The van der Waals surface area contributed by atoms with Crippen LogP contribution in [-0.4, -0.2) is 17.0 Å². The van der Waals surface area contributed by atoms with Gasteiger partial charge in [0.2, 0.25) is 0 Å². The van der Waals surface area contributed by atoms with Crippen molar-refractivity contribution >= 4 is 17.4 Å². The van der Waals surface area contributed by atoms with Crippen molar-refractivity contribution in [2.24, 2.45) is 0 Å². The zero-order chi connectivity index (χ0) is 9.84. The predicted molar refractivity (Wildman–Crippen MR) is 55.3 cm³/mol. The van der Waals surface area contributed by atoms with Gasteiger partial charge in [-0.1, -0.05) is 25.4 Å². The first kappa shape index (κ1) is 10.3. The molecule has 3 nitrogen and oxygen atoms in total. The normalized spacial score (nSPS) is 12.6. The molecule has 0 aliphatic carbocycles. The van der Waals surface area contributed by atoms with Crippen LogP contribution in [0.15, 0.2) is 6.33 Å². The predicted octanol–water partition coefficient (Wildman–Crippen LogP) is 2.69. The molecule has 1 atom stereocenters. The second kappa shape index (κ2) is 4.42. The van der Waals surface area contributed by atoms with E-state index < -0.39 is 0 Å². The SMILES string of the molecule is CCC(C)c1c(Cl)ncnc1NC. The Kier molecular flexibility index (Phi) is 3.48. The second-order valence-corrected chi connectivity index (χ2v) is 3.34. The summed E-state index contributed by atoms with van der Waals surface area (Å²) in [6, 6.07) is 0. The summed E-state index contributed by atoms with van der Waals surface area (Å²) >= 11 is 5.99. The van der Waals surface area contributed by atoms with Gasteiger partial charge in [0, 0.05) is 12.6 Å². The number of anilines is 1. The average Bonchev–Trinajstić information content (AvgIpc) is 2.16. The largest absolute Gasteiger partial charge is 0.373 e. The average molecular weight is 200 g/mol. The molecule has 0 saturated heterocycles. The van der Waals surface area contributed by atoms with Crippen molar-refractivity contribution in [3.05, 3.63) is 17.0 Å². The highest BCUT2D eigenvalue weighted by molar-refractivity contribution is 6.30. The molecule has 13 heavy (non-hydrogen) atoms. The summed E-state index contributed by atoms with van der Waals surface area (Å²) in [5, 5.41) is 3.57. The van der Waals surface area contributed by atoms with Crippen molar-refractivity contribution in [3.63, 3.8) is 0 Å². The standard InChI is InChI=1S/C9H14ClN3/c1-4-6(2)7-8(10)12-5-13-9(7)11-3/h5-6H,4H2,1-3H3,(H,11,12,13). The molecule has 1 aromatic rings. The Bertz CT molecular complexity index is 288. The first-order chi connectivity index (χ1) is 6.20. The van der Waals surface area contributed by atoms with Crippen LogP contribution in [0.2, 0.25) is 5.15 Å². The number of aromatic nitrogens is 2. The maximum absolute atomic E-state index is 5.99. The topological polar surface area (TPSA) is 37.8 Å². The first-order valence-corrected chi connectivity index (χ1v) is 4.76. The van der Waals surface area contributed by atoms with Crippen LogP contribution in [0.5, 0.6) is 0 Å². The smallest absolute Gasteiger partial charge is 0.138 e. The van der Waals surface area contributed by atoms with Crippen molar-refractivity contribution < 1.29 is 0 Å². The van der Waals surface area contributed by atoms with E-state index in [2.05, 4.69) is 29.1 Å². The van der Waals surface area contributed by atoms with E-state index in [1.54, 1.807) is 0 Å². The van der Waals surface area contributed by atoms with Crippen LogP contribution in [0.4, 0.5) is 5.82 Å². The van der Waals surface area contributed by atoms with Gasteiger partial charge in [-0.05, 0) is 12.3 Å². The number of hydrogen-bond acceptors (Lipinski definition) is 3. The second-order valence-electron chi connectivity index (χ2n) is 2.99. The van der Waals surface area contributed by atoms with Gasteiger partial charge in [-0.25, -0.2) is 9.97 Å². The minimum atomic E-state index is 0.385. The van der Waals surface area contributed by atoms with Crippen LogP contribution >= 0.6 is 11.6 Å². The summed E-state index contributed by atoms with van der Waals surface area (Å²) < 4.78 is 0. The zero-order valence-corrected chi connectivity index (χ0v) is 8.89. The van der Waals surface area contributed by atoms with Crippen molar-refractivity contribution in [1.82, 2.24) is 9.97 Å². The fraction of sp³-hybridized carbons (Fsp3) is 0.556. The molecule has 0 amide bonds. The Morgan fingerprint density at radius 3 is 2.77 bits per heavy atom. The van der Waals surface area contributed by atoms with Gasteiger partial charge in [-0.15, -0.1) is 0 Å². The molecule has 0 aromatic carbocycles. The highest BCUT2D eigenvalue weighted by Crippen LogP contribution is 2.29. The van der Waals surface area contributed by atoms with Gasteiger partial charge in [0.1, 0.15) is 17.3 Å². The Labute approximate surface area is 83.5 Å². The summed E-state index contributed by atoms with van der Waals surface area (Å²) in [7, 11) is 1.84. The molecule has 4 heteroatoms. The molecule has 0 saturated carbocycles. The molecule has 1 aromatic heterocycles. The molecule has 1 N–H and O–H groups in total. The molecule has 0 spiro atoms. The lowest BCUT2D eigenvalue weighted by molar-refractivity contribution is 0.727. The highest BCUT2D eigenvalue weighted by atomic mass is 35.5. The number of rotatable bonds is 3. The maximum atomic E-state index is 5.99. The van der Waals surface area contributed by atoms with Gasteiger partial charge >= 0.3 is 0 Å². The Balaban J connectivity index is 3.14. The van der Waals surface area contributed by atoms with Crippen molar-refractivity contribution in [2.45, 2.75) is 26.2 Å². The number of halogens is 1. The summed E-state index contributed by atoms with van der Waals surface area (Å²) in [6.45, 7) is 4.23. The molecular weight excluding hydrogens is 186 g/mol. The lowest BCUT2D eigenvalue weighted by Crippen LogP contribution is -2.03. The summed E-state index contributed by atoms with van der Waals surface area (Å²) in [5.74, 6) is 1.21. The van der Waals surface area contributed by atoms with Crippen LogP contribution in [0.25, 0.3) is 0 Å². The van der Waals surface area contributed by atoms with Gasteiger partial charge < -0.3 is 5.32 Å². The van der Waals surface area contributed by atoms with E-state index >= 15 is 0 Å². The number of hydrogen-bond donors (Lipinski definition) is 1. The van der Waals surface area contributed by atoms with Crippen LogP contribution in [0, 0.1) is 0 Å². The van der Waals surface area contributed by atoms with E-state index in [0.29, 0.717) is 11.1 Å². The molecule has 1 heterocycles. The van der Waals surface area contributed by atoms with E-state index in [-0.39, 0.29) is 0 Å². The molecule has 72 valence electrons. The maximum Gasteiger partial charge on any atom is 0.138 e. The molecule has 1 unspecified atom stereocenters. The fourth-order valence-electron chi connectivity index (χ4n) is 1.21. The van der Waals surface area contributed by atoms with E-state index in [1.807, 2.05) is 7.05 Å². The molecule has 0 aliphatic rings. The Morgan fingerprint density at radius 2 is 2.23 bits per heavy atom. The van der Waals surface area contributed by atoms with Gasteiger partial charge in [-0.2, -0.15) is 0 Å². The number of nitrogens with one attached hydrogen (secondary N) is 1. The van der Waals surface area contributed by atoms with Crippen molar-refractivity contribution in [2.75, 3.05) is 12.4 Å². The molecular formula is C9H14ClN3. The quantitative estimate of drug-likeness (QED) is 0.761. The van der Waals surface area contributed by atoms with Gasteiger partial charge in [0.15, 0.2) is 0 Å². The minimum absolute atomic E-state index is 0.385. The lowest BCUT2D eigenvalue weighted by atomic mass is 10.0. The molecule has 0 aliphatic heterocycles. The van der Waals surface area contributed by atoms with E-state index in [0.717, 1.165) is 17.8 Å². The zero-order valence-electron chi connectivity index (χ0n) is 8.13. The van der Waals surface area contributed by atoms with Crippen molar-refractivity contribution in [1.29, 1.82) is 0 Å². The fourth-order valence-corrected chi connectivity index (χ4v) is 1.53. The third-order valence-electron chi connectivity index (χ3n) is 2.18. The molecule has 0 bridgehead atoms. The van der Waals surface area contributed by atoms with Crippen LogP contribution in [0.1, 0.15) is 31.7 Å². The number of nitrogens with zero attached hydrogens (tertiary/aromatic N) is 2.